The summed E-state index contributed by atoms with van der Waals surface area (Å²) in [5, 5.41) is 13.8. The average molecular weight is 287 g/mol. The molecule has 2 atom stereocenters. The molecule has 1 aromatic rings. The third-order valence-corrected chi connectivity index (χ3v) is 5.19. The monoisotopic (exact) mass is 287 g/mol. The zero-order valence-corrected chi connectivity index (χ0v) is 13.0. The molecule has 3 rings (SSSR count). The van der Waals surface area contributed by atoms with E-state index in [1.54, 1.807) is 0 Å². The number of hydrogen-bond donors (Lipinski definition) is 2. The molecule has 3 nitrogen and oxygen atoms in total. The van der Waals surface area contributed by atoms with E-state index in [0.717, 1.165) is 36.1 Å². The lowest BCUT2D eigenvalue weighted by Crippen LogP contribution is -2.17. The van der Waals surface area contributed by atoms with Crippen LogP contribution >= 0.6 is 0 Å². The van der Waals surface area contributed by atoms with Gasteiger partial charge in [0, 0.05) is 5.56 Å². The van der Waals surface area contributed by atoms with Crippen molar-refractivity contribution in [1.82, 2.24) is 0 Å². The molecular formula is C18H25NO2. The second-order valence-corrected chi connectivity index (χ2v) is 6.56. The van der Waals surface area contributed by atoms with Crippen LogP contribution in [0.5, 0.6) is 0 Å². The summed E-state index contributed by atoms with van der Waals surface area (Å²) in [4.78, 5) is 12.0. The van der Waals surface area contributed by atoms with E-state index in [0.29, 0.717) is 5.92 Å². The molecule has 2 aliphatic rings. The van der Waals surface area contributed by atoms with Gasteiger partial charge in [-0.1, -0.05) is 38.3 Å². The molecule has 1 heterocycles. The number of aryl methyl sites for hydroxylation is 1. The Morgan fingerprint density at radius 2 is 2.00 bits per heavy atom. The fourth-order valence-corrected chi connectivity index (χ4v) is 3.75. The van der Waals surface area contributed by atoms with Crippen molar-refractivity contribution in [2.45, 2.75) is 64.4 Å². The number of anilines is 1. The Balaban J connectivity index is 1.99. The smallest absolute Gasteiger partial charge is 0.231 e. The highest BCUT2D eigenvalue weighted by atomic mass is 16.3. The maximum absolute atomic E-state index is 12.0. The van der Waals surface area contributed by atoms with E-state index in [9.17, 15) is 9.90 Å². The topological polar surface area (TPSA) is 49.3 Å². The van der Waals surface area contributed by atoms with Crippen LogP contribution in [0.4, 0.5) is 5.69 Å². The molecule has 1 fully saturated rings. The first-order valence-corrected chi connectivity index (χ1v) is 8.27. The lowest BCUT2D eigenvalue weighted by atomic mass is 9.81. The molecule has 1 aliphatic heterocycles. The van der Waals surface area contributed by atoms with Crippen LogP contribution in [0.15, 0.2) is 12.1 Å². The maximum Gasteiger partial charge on any atom is 0.231 e. The van der Waals surface area contributed by atoms with Crippen LogP contribution in [-0.2, 0) is 11.2 Å². The van der Waals surface area contributed by atoms with Crippen molar-refractivity contribution < 1.29 is 9.90 Å². The molecule has 1 amide bonds. The van der Waals surface area contributed by atoms with Gasteiger partial charge in [-0.15, -0.1) is 0 Å². The van der Waals surface area contributed by atoms with Crippen LogP contribution in [-0.4, -0.2) is 11.0 Å². The second-order valence-electron chi connectivity index (χ2n) is 6.56. The molecule has 0 bridgehead atoms. The minimum atomic E-state index is -0.448. The number of carbonyl (C=O) groups excluding carboxylic acids is 1. The molecule has 1 aromatic carbocycles. The molecule has 1 saturated carbocycles. The Morgan fingerprint density at radius 1 is 1.29 bits per heavy atom. The predicted molar refractivity (Wildman–Crippen MR) is 84.4 cm³/mol. The Hall–Kier alpha value is -1.35. The number of benzene rings is 1. The minimum Gasteiger partial charge on any atom is -0.388 e. The van der Waals surface area contributed by atoms with E-state index < -0.39 is 6.10 Å². The third kappa shape index (κ3) is 2.59. The van der Waals surface area contributed by atoms with Gasteiger partial charge in [-0.25, -0.2) is 0 Å². The highest BCUT2D eigenvalue weighted by Crippen LogP contribution is 2.43. The molecule has 0 radical (unpaired) electrons. The van der Waals surface area contributed by atoms with E-state index in [2.05, 4.69) is 24.4 Å². The van der Waals surface area contributed by atoms with Crippen molar-refractivity contribution in [2.24, 2.45) is 5.92 Å². The average Bonchev–Trinajstić information content (AvgIpc) is 2.82. The largest absolute Gasteiger partial charge is 0.388 e. The van der Waals surface area contributed by atoms with E-state index in [4.69, 9.17) is 0 Å². The zero-order valence-electron chi connectivity index (χ0n) is 13.0. The van der Waals surface area contributed by atoms with E-state index in [1.807, 2.05) is 6.92 Å². The Morgan fingerprint density at radius 3 is 2.67 bits per heavy atom. The summed E-state index contributed by atoms with van der Waals surface area (Å²) in [6.45, 7) is 4.06. The van der Waals surface area contributed by atoms with Gasteiger partial charge in [0.05, 0.1) is 17.7 Å². The molecule has 2 N–H and O–H groups in total. The number of nitrogens with one attached hydrogen (secondary N) is 1. The second kappa shape index (κ2) is 5.80. The third-order valence-electron chi connectivity index (χ3n) is 5.19. The minimum absolute atomic E-state index is 0.0512. The molecule has 21 heavy (non-hydrogen) atoms. The number of amides is 1. The summed E-state index contributed by atoms with van der Waals surface area (Å²) in [7, 11) is 0. The summed E-state index contributed by atoms with van der Waals surface area (Å²) >= 11 is 0. The van der Waals surface area contributed by atoms with Crippen LogP contribution in [0.2, 0.25) is 0 Å². The molecule has 114 valence electrons. The molecule has 2 unspecified atom stereocenters. The normalized spacial score (nSPS) is 23.8. The van der Waals surface area contributed by atoms with Gasteiger partial charge in [0.2, 0.25) is 5.91 Å². The molecule has 1 aliphatic carbocycles. The highest BCUT2D eigenvalue weighted by molar-refractivity contribution is 6.03. The summed E-state index contributed by atoms with van der Waals surface area (Å²) in [5.41, 5.74) is 4.09. The number of fused-ring (bicyclic) bond motifs is 1. The van der Waals surface area contributed by atoms with E-state index in [-0.39, 0.29) is 11.8 Å². The van der Waals surface area contributed by atoms with Gasteiger partial charge in [0.15, 0.2) is 0 Å². The first-order chi connectivity index (χ1) is 10.1. The summed E-state index contributed by atoms with van der Waals surface area (Å²) in [6, 6.07) is 4.21. The molecular weight excluding hydrogens is 262 g/mol. The van der Waals surface area contributed by atoms with Crippen molar-refractivity contribution in [3.63, 3.8) is 0 Å². The van der Waals surface area contributed by atoms with Gasteiger partial charge in [-0.2, -0.15) is 0 Å². The van der Waals surface area contributed by atoms with E-state index >= 15 is 0 Å². The van der Waals surface area contributed by atoms with Gasteiger partial charge < -0.3 is 10.4 Å². The van der Waals surface area contributed by atoms with Gasteiger partial charge in [-0.05, 0) is 43.2 Å². The molecule has 0 spiro atoms. The summed E-state index contributed by atoms with van der Waals surface area (Å²) < 4.78 is 0. The zero-order chi connectivity index (χ0) is 15.0. The van der Waals surface area contributed by atoms with Gasteiger partial charge in [0.1, 0.15) is 0 Å². The SMILES string of the molecule is CCc1cc2c(c(C(O)C3CCCCC3)c1)NC(=O)C2C. The van der Waals surface area contributed by atoms with Crippen LogP contribution in [0.1, 0.15) is 74.7 Å². The number of aliphatic hydroxyl groups excluding tert-OH is 1. The summed E-state index contributed by atoms with van der Waals surface area (Å²) in [5.74, 6) is 0.280. The van der Waals surface area contributed by atoms with Crippen LogP contribution in [0.25, 0.3) is 0 Å². The fraction of sp³-hybridized carbons (Fsp3) is 0.611. The number of rotatable bonds is 3. The standard InChI is InChI=1S/C18H25NO2/c1-3-12-9-14-11(2)18(21)19-16(14)15(10-12)17(20)13-7-5-4-6-8-13/h9-11,13,17,20H,3-8H2,1-2H3,(H,19,21). The van der Waals surface area contributed by atoms with Crippen molar-refractivity contribution in [3.05, 3.63) is 28.8 Å². The lowest BCUT2D eigenvalue weighted by molar-refractivity contribution is -0.116. The Bertz CT molecular complexity index is 546. The van der Waals surface area contributed by atoms with Crippen molar-refractivity contribution >= 4 is 11.6 Å². The van der Waals surface area contributed by atoms with Crippen molar-refractivity contribution in [3.8, 4) is 0 Å². The maximum atomic E-state index is 12.0. The van der Waals surface area contributed by atoms with Crippen LogP contribution in [0.3, 0.4) is 0 Å². The van der Waals surface area contributed by atoms with Gasteiger partial charge in [0.25, 0.3) is 0 Å². The number of carbonyl (C=O) groups is 1. The first-order valence-electron chi connectivity index (χ1n) is 8.27. The van der Waals surface area contributed by atoms with Crippen molar-refractivity contribution in [1.29, 1.82) is 0 Å². The molecule has 3 heteroatoms. The van der Waals surface area contributed by atoms with Crippen molar-refractivity contribution in [2.75, 3.05) is 5.32 Å². The number of aliphatic hydroxyl groups is 1. The fourth-order valence-electron chi connectivity index (χ4n) is 3.75. The quantitative estimate of drug-likeness (QED) is 0.885. The summed E-state index contributed by atoms with van der Waals surface area (Å²) in [6.07, 6.45) is 6.37. The highest BCUT2D eigenvalue weighted by Gasteiger charge is 2.33. The first kappa shape index (κ1) is 14.6. The van der Waals surface area contributed by atoms with Crippen LogP contribution < -0.4 is 5.32 Å². The lowest BCUT2D eigenvalue weighted by Gasteiger charge is -2.28. The molecule has 0 saturated heterocycles. The van der Waals surface area contributed by atoms with Gasteiger partial charge in [-0.3, -0.25) is 4.79 Å². The van der Waals surface area contributed by atoms with Gasteiger partial charge >= 0.3 is 0 Å². The molecule has 0 aromatic heterocycles. The predicted octanol–water partition coefficient (Wildman–Crippen LogP) is 3.92. The Labute approximate surface area is 126 Å². The Kier molecular flexibility index (Phi) is 4.03. The van der Waals surface area contributed by atoms with Crippen LogP contribution in [0, 0.1) is 5.92 Å². The van der Waals surface area contributed by atoms with E-state index in [1.165, 1.54) is 24.8 Å². The number of hydrogen-bond acceptors (Lipinski definition) is 2.